The van der Waals surface area contributed by atoms with Gasteiger partial charge in [-0.25, -0.2) is 12.4 Å². The molecule has 0 saturated carbocycles. The monoisotopic (exact) mass is 728 g/mol. The van der Waals surface area contributed by atoms with Crippen LogP contribution in [0.1, 0.15) is 22.3 Å². The number of aryl methyl sites for hydroxylation is 4. The fourth-order valence-corrected chi connectivity index (χ4v) is 14.5. The van der Waals surface area contributed by atoms with Crippen LogP contribution in [0.15, 0.2) is 117 Å². The topological polar surface area (TPSA) is 82.2 Å². The standard InChI is InChI=1S/C32H28N2O4S7/c1-21-3-7-23(8-4-21)15-17-39-29-30(40-18-16-24-9-11-25(12-10-24)34(35)36)44-32(43-29)31-41-27-19-33(20-28(27)42-31)45(37,38)26-13-5-22(2)6-14-26/h3-14,19-20H,15-18H2,1-2H3. The number of non-ortho nitro benzene ring substituents is 1. The fourth-order valence-electron chi connectivity index (χ4n) is 4.42. The van der Waals surface area contributed by atoms with E-state index in [4.69, 9.17) is 0 Å². The van der Waals surface area contributed by atoms with Gasteiger partial charge >= 0.3 is 0 Å². The van der Waals surface area contributed by atoms with E-state index in [1.54, 1.807) is 71.9 Å². The molecule has 3 heterocycles. The van der Waals surface area contributed by atoms with Crippen molar-refractivity contribution in [2.75, 3.05) is 11.5 Å². The van der Waals surface area contributed by atoms with Gasteiger partial charge in [-0.1, -0.05) is 107 Å². The van der Waals surface area contributed by atoms with Gasteiger partial charge in [0.15, 0.2) is 0 Å². The second-order valence-corrected chi connectivity index (χ2v) is 19.5. The van der Waals surface area contributed by atoms with Crippen LogP contribution in [0.25, 0.3) is 0 Å². The predicted molar refractivity (Wildman–Crippen MR) is 196 cm³/mol. The van der Waals surface area contributed by atoms with Crippen LogP contribution >= 0.6 is 70.6 Å². The van der Waals surface area contributed by atoms with Gasteiger partial charge in [0, 0.05) is 45.8 Å². The number of hydrogen-bond acceptors (Lipinski definition) is 10. The van der Waals surface area contributed by atoms with Crippen molar-refractivity contribution in [1.29, 1.82) is 0 Å². The van der Waals surface area contributed by atoms with Crippen molar-refractivity contribution in [3.8, 4) is 0 Å². The third-order valence-corrected chi connectivity index (χ3v) is 17.1. The number of thioether (sulfide) groups is 6. The molecule has 0 radical (unpaired) electrons. The molecular formula is C32H28N2O4S7. The van der Waals surface area contributed by atoms with Crippen molar-refractivity contribution in [3.63, 3.8) is 0 Å². The lowest BCUT2D eigenvalue weighted by molar-refractivity contribution is -0.384. The van der Waals surface area contributed by atoms with E-state index in [2.05, 4.69) is 31.2 Å². The summed E-state index contributed by atoms with van der Waals surface area (Å²) in [5.74, 6) is 1.84. The second kappa shape index (κ2) is 14.3. The van der Waals surface area contributed by atoms with Crippen molar-refractivity contribution in [1.82, 2.24) is 3.97 Å². The number of benzene rings is 3. The van der Waals surface area contributed by atoms with Crippen LogP contribution in [-0.2, 0) is 22.9 Å². The zero-order valence-electron chi connectivity index (χ0n) is 24.3. The Labute approximate surface area is 288 Å². The number of fused-ring (bicyclic) bond motifs is 1. The minimum Gasteiger partial charge on any atom is -0.258 e. The summed E-state index contributed by atoms with van der Waals surface area (Å²) in [6, 6.07) is 22.4. The molecule has 0 bridgehead atoms. The van der Waals surface area contributed by atoms with Crippen molar-refractivity contribution in [2.45, 2.75) is 41.4 Å². The lowest BCUT2D eigenvalue weighted by Gasteiger charge is -2.07. The van der Waals surface area contributed by atoms with Gasteiger partial charge in [0.05, 0.1) is 26.8 Å². The summed E-state index contributed by atoms with van der Waals surface area (Å²) in [6.45, 7) is 4.04. The molecule has 0 aliphatic carbocycles. The van der Waals surface area contributed by atoms with Gasteiger partial charge in [-0.3, -0.25) is 10.1 Å². The van der Waals surface area contributed by atoms with Gasteiger partial charge in [-0.05, 0) is 49.9 Å². The quantitative estimate of drug-likeness (QED) is 0.110. The molecule has 0 unspecified atom stereocenters. The fraction of sp³-hybridized carbons (Fsp3) is 0.188. The smallest absolute Gasteiger partial charge is 0.258 e. The first kappa shape index (κ1) is 32.8. The lowest BCUT2D eigenvalue weighted by atomic mass is 10.1. The molecule has 13 heteroatoms. The Morgan fingerprint density at radius 3 is 1.62 bits per heavy atom. The summed E-state index contributed by atoms with van der Waals surface area (Å²) in [5.41, 5.74) is 4.79. The number of hydrogen-bond donors (Lipinski definition) is 0. The molecule has 0 N–H and O–H groups in total. The Kier molecular flexibility index (Phi) is 10.4. The van der Waals surface area contributed by atoms with Gasteiger partial charge in [-0.15, -0.1) is 23.5 Å². The van der Waals surface area contributed by atoms with E-state index in [1.807, 2.05) is 66.5 Å². The van der Waals surface area contributed by atoms with E-state index in [1.165, 1.54) is 32.0 Å². The molecule has 0 amide bonds. The number of rotatable bonds is 11. The third-order valence-electron chi connectivity index (χ3n) is 6.95. The molecule has 0 spiro atoms. The average Bonchev–Trinajstić information content (AvgIpc) is 3.73. The second-order valence-electron chi connectivity index (χ2n) is 10.3. The molecule has 2 aliphatic rings. The van der Waals surface area contributed by atoms with Gasteiger partial charge in [0.1, 0.15) is 0 Å². The summed E-state index contributed by atoms with van der Waals surface area (Å²) in [6.07, 6.45) is 5.26. The van der Waals surface area contributed by atoms with E-state index >= 15 is 0 Å². The Hall–Kier alpha value is -2.13. The van der Waals surface area contributed by atoms with Gasteiger partial charge in [0.25, 0.3) is 15.7 Å². The maximum atomic E-state index is 13.2. The average molecular weight is 729 g/mol. The molecular weight excluding hydrogens is 701 g/mol. The molecule has 0 atom stereocenters. The molecule has 6 rings (SSSR count). The molecule has 232 valence electrons. The molecule has 45 heavy (non-hydrogen) atoms. The third kappa shape index (κ3) is 7.89. The van der Waals surface area contributed by atoms with Gasteiger partial charge in [0.2, 0.25) is 0 Å². The SMILES string of the molecule is Cc1ccc(CCSC2=C(SCCc3ccc([N+](=O)[O-])cc3)SC(=C3Sc4cn(S(=O)(=O)c5ccc(C)cc5)cc4S3)S2)cc1. The number of nitro groups is 1. The van der Waals surface area contributed by atoms with Crippen molar-refractivity contribution < 1.29 is 13.3 Å². The highest BCUT2D eigenvalue weighted by Gasteiger charge is 2.31. The van der Waals surface area contributed by atoms with Crippen LogP contribution in [0.2, 0.25) is 0 Å². The van der Waals surface area contributed by atoms with Crippen molar-refractivity contribution in [3.05, 3.63) is 135 Å². The van der Waals surface area contributed by atoms with Crippen molar-refractivity contribution in [2.24, 2.45) is 0 Å². The van der Waals surface area contributed by atoms with Crippen LogP contribution < -0.4 is 0 Å². The number of aromatic nitrogens is 1. The van der Waals surface area contributed by atoms with Crippen LogP contribution in [-0.4, -0.2) is 28.8 Å². The Balaban J connectivity index is 1.14. The largest absolute Gasteiger partial charge is 0.269 e. The lowest BCUT2D eigenvalue weighted by Crippen LogP contribution is -2.10. The zero-order chi connectivity index (χ0) is 31.6. The molecule has 0 fully saturated rings. The normalized spacial score (nSPS) is 14.8. The van der Waals surface area contributed by atoms with E-state index in [0.717, 1.165) is 45.3 Å². The summed E-state index contributed by atoms with van der Waals surface area (Å²) < 4.78 is 32.8. The Morgan fingerprint density at radius 2 is 1.13 bits per heavy atom. The predicted octanol–water partition coefficient (Wildman–Crippen LogP) is 10.1. The minimum absolute atomic E-state index is 0.109. The maximum Gasteiger partial charge on any atom is 0.269 e. The summed E-state index contributed by atoms with van der Waals surface area (Å²) in [5, 5.41) is 11.0. The highest BCUT2D eigenvalue weighted by Crippen LogP contribution is 2.64. The molecule has 1 aromatic heterocycles. The summed E-state index contributed by atoms with van der Waals surface area (Å²) >= 11 is 10.6. The maximum absolute atomic E-state index is 13.2. The highest BCUT2D eigenvalue weighted by atomic mass is 32.3. The van der Waals surface area contributed by atoms with Crippen LogP contribution in [0.4, 0.5) is 5.69 Å². The van der Waals surface area contributed by atoms with Gasteiger partial charge < -0.3 is 0 Å². The van der Waals surface area contributed by atoms with Crippen molar-refractivity contribution >= 4 is 86.3 Å². The highest BCUT2D eigenvalue weighted by molar-refractivity contribution is 8.42. The molecule has 3 aromatic carbocycles. The van der Waals surface area contributed by atoms with Crippen LogP contribution in [0.5, 0.6) is 0 Å². The summed E-state index contributed by atoms with van der Waals surface area (Å²) in [4.78, 5) is 12.8. The van der Waals surface area contributed by atoms with Crippen LogP contribution in [0.3, 0.4) is 0 Å². The first-order valence-corrected chi connectivity index (χ1v) is 20.6. The van der Waals surface area contributed by atoms with E-state index < -0.39 is 10.0 Å². The van der Waals surface area contributed by atoms with E-state index in [0.29, 0.717) is 0 Å². The molecule has 0 saturated heterocycles. The Morgan fingerprint density at radius 1 is 0.689 bits per heavy atom. The van der Waals surface area contributed by atoms with Gasteiger partial charge in [-0.2, -0.15) is 0 Å². The minimum atomic E-state index is -3.65. The first-order valence-electron chi connectivity index (χ1n) is 13.9. The van der Waals surface area contributed by atoms with E-state index in [-0.39, 0.29) is 15.5 Å². The van der Waals surface area contributed by atoms with Crippen LogP contribution in [0, 0.1) is 24.0 Å². The summed E-state index contributed by atoms with van der Waals surface area (Å²) in [7, 11) is -3.65. The molecule has 6 nitrogen and oxygen atoms in total. The van der Waals surface area contributed by atoms with E-state index in [9.17, 15) is 18.5 Å². The first-order chi connectivity index (χ1) is 21.7. The number of nitrogens with zero attached hydrogens (tertiary/aromatic N) is 2. The molecule has 4 aromatic rings. The number of nitro benzene ring substituents is 1. The Bertz CT molecular complexity index is 1870. The molecule has 2 aliphatic heterocycles. The zero-order valence-corrected chi connectivity index (χ0v) is 30.0.